The molecule has 0 saturated carbocycles. The molecule has 1 aromatic heterocycles. The molecule has 3 nitrogen and oxygen atoms in total. The van der Waals surface area contributed by atoms with Crippen LogP contribution >= 0.6 is 0 Å². The van der Waals surface area contributed by atoms with Crippen molar-refractivity contribution in [2.24, 2.45) is 5.92 Å². The van der Waals surface area contributed by atoms with E-state index in [9.17, 15) is 0 Å². The minimum atomic E-state index is 0.224. The minimum Gasteiger partial charge on any atom is -0.380 e. The molecule has 20 heavy (non-hydrogen) atoms. The Hall–Kier alpha value is -1.32. The van der Waals surface area contributed by atoms with Crippen molar-refractivity contribution in [1.82, 2.24) is 9.88 Å². The Labute approximate surface area is 121 Å². The maximum atomic E-state index is 5.39. The number of aromatic nitrogens is 1. The zero-order chi connectivity index (χ0) is 14.5. The molecule has 2 rings (SSSR count). The van der Waals surface area contributed by atoms with E-state index in [-0.39, 0.29) is 6.10 Å². The Balaban J connectivity index is 2.22. The highest BCUT2D eigenvalue weighted by molar-refractivity contribution is 5.83. The quantitative estimate of drug-likeness (QED) is 0.837. The van der Waals surface area contributed by atoms with Crippen LogP contribution in [0.2, 0.25) is 0 Å². The van der Waals surface area contributed by atoms with Gasteiger partial charge in [-0.2, -0.15) is 0 Å². The van der Waals surface area contributed by atoms with Gasteiger partial charge < -0.3 is 14.6 Å². The zero-order valence-corrected chi connectivity index (χ0v) is 13.0. The molecule has 0 aliphatic heterocycles. The summed E-state index contributed by atoms with van der Waals surface area (Å²) in [5.41, 5.74) is 2.68. The Morgan fingerprint density at radius 3 is 2.70 bits per heavy atom. The minimum absolute atomic E-state index is 0.224. The fourth-order valence-corrected chi connectivity index (χ4v) is 2.48. The molecule has 1 N–H and O–H groups in total. The van der Waals surface area contributed by atoms with Crippen molar-refractivity contribution >= 4 is 10.9 Å². The van der Waals surface area contributed by atoms with Crippen LogP contribution in [0, 0.1) is 5.92 Å². The molecule has 0 aliphatic rings. The van der Waals surface area contributed by atoms with Crippen molar-refractivity contribution in [2.45, 2.75) is 40.0 Å². The van der Waals surface area contributed by atoms with Crippen molar-refractivity contribution in [3.8, 4) is 0 Å². The van der Waals surface area contributed by atoms with Gasteiger partial charge in [0, 0.05) is 26.4 Å². The van der Waals surface area contributed by atoms with Crippen molar-refractivity contribution in [2.75, 3.05) is 13.7 Å². The molecule has 0 radical (unpaired) electrons. The van der Waals surface area contributed by atoms with Crippen LogP contribution in [0.25, 0.3) is 10.9 Å². The summed E-state index contributed by atoms with van der Waals surface area (Å²) in [6, 6.07) is 8.71. The fourth-order valence-electron chi connectivity index (χ4n) is 2.48. The van der Waals surface area contributed by atoms with Crippen molar-refractivity contribution in [1.29, 1.82) is 0 Å². The summed E-state index contributed by atoms with van der Waals surface area (Å²) < 4.78 is 7.69. The van der Waals surface area contributed by atoms with Crippen molar-refractivity contribution in [3.63, 3.8) is 0 Å². The van der Waals surface area contributed by atoms with Gasteiger partial charge in [0.25, 0.3) is 0 Å². The maximum Gasteiger partial charge on any atom is 0.0722 e. The second kappa shape index (κ2) is 6.91. The van der Waals surface area contributed by atoms with Gasteiger partial charge in [0.1, 0.15) is 0 Å². The lowest BCUT2D eigenvalue weighted by atomic mass is 10.1. The Morgan fingerprint density at radius 1 is 1.20 bits per heavy atom. The number of para-hydroxylation sites is 1. The molecule has 3 heteroatoms. The summed E-state index contributed by atoms with van der Waals surface area (Å²) in [4.78, 5) is 0. The molecule has 0 bridgehead atoms. The van der Waals surface area contributed by atoms with Gasteiger partial charge in [-0.15, -0.1) is 0 Å². The van der Waals surface area contributed by atoms with E-state index in [0.29, 0.717) is 5.92 Å². The summed E-state index contributed by atoms with van der Waals surface area (Å²) >= 11 is 0. The Bertz CT molecular complexity index is 545. The van der Waals surface area contributed by atoms with Crippen LogP contribution in [0.3, 0.4) is 0 Å². The lowest BCUT2D eigenvalue weighted by Crippen LogP contribution is -2.20. The lowest BCUT2D eigenvalue weighted by Gasteiger charge is -2.15. The number of benzene rings is 1. The van der Waals surface area contributed by atoms with Crippen LogP contribution in [-0.4, -0.2) is 24.3 Å². The van der Waals surface area contributed by atoms with Crippen LogP contribution in [0.5, 0.6) is 0 Å². The number of ether oxygens (including phenoxy) is 1. The Morgan fingerprint density at radius 2 is 2.00 bits per heavy atom. The van der Waals surface area contributed by atoms with E-state index in [1.54, 1.807) is 7.11 Å². The molecule has 0 aliphatic carbocycles. The smallest absolute Gasteiger partial charge is 0.0722 e. The first-order chi connectivity index (χ1) is 9.61. The maximum absolute atomic E-state index is 5.39. The van der Waals surface area contributed by atoms with Crippen LogP contribution in [-0.2, 0) is 17.8 Å². The SMILES string of the molecule is COC(C)Cn1ccc2cccc(CNCC(C)C)c21. The molecule has 0 saturated heterocycles. The molecule has 1 aromatic carbocycles. The number of rotatable bonds is 7. The molecule has 110 valence electrons. The average Bonchev–Trinajstić information content (AvgIpc) is 2.82. The van der Waals surface area contributed by atoms with Gasteiger partial charge in [0.15, 0.2) is 0 Å². The second-order valence-electron chi connectivity index (χ2n) is 5.89. The number of hydrogen-bond acceptors (Lipinski definition) is 2. The van der Waals surface area contributed by atoms with Crippen molar-refractivity contribution < 1.29 is 4.74 Å². The van der Waals surface area contributed by atoms with E-state index in [0.717, 1.165) is 19.6 Å². The number of methoxy groups -OCH3 is 1. The third kappa shape index (κ3) is 3.62. The number of nitrogens with one attached hydrogen (secondary N) is 1. The Kier molecular flexibility index (Phi) is 5.21. The second-order valence-corrected chi connectivity index (χ2v) is 5.89. The zero-order valence-electron chi connectivity index (χ0n) is 13.0. The average molecular weight is 274 g/mol. The summed E-state index contributed by atoms with van der Waals surface area (Å²) in [6.07, 6.45) is 2.38. The van der Waals surface area contributed by atoms with E-state index in [4.69, 9.17) is 4.74 Å². The predicted molar refractivity (Wildman–Crippen MR) is 85.0 cm³/mol. The molecule has 0 spiro atoms. The lowest BCUT2D eigenvalue weighted by molar-refractivity contribution is 0.104. The highest BCUT2D eigenvalue weighted by atomic mass is 16.5. The molecular weight excluding hydrogens is 248 g/mol. The number of hydrogen-bond donors (Lipinski definition) is 1. The van der Waals surface area contributed by atoms with Gasteiger partial charge in [0.2, 0.25) is 0 Å². The monoisotopic (exact) mass is 274 g/mol. The largest absolute Gasteiger partial charge is 0.380 e. The van der Waals surface area contributed by atoms with Gasteiger partial charge in [-0.25, -0.2) is 0 Å². The highest BCUT2D eigenvalue weighted by Crippen LogP contribution is 2.21. The van der Waals surface area contributed by atoms with Crippen LogP contribution in [0.15, 0.2) is 30.5 Å². The molecule has 1 unspecified atom stereocenters. The van der Waals surface area contributed by atoms with Gasteiger partial charge in [0.05, 0.1) is 11.6 Å². The standard InChI is InChI=1S/C17H26N2O/c1-13(2)10-18-11-16-7-5-6-15-8-9-19(17(15)16)12-14(3)20-4/h5-9,13-14,18H,10-12H2,1-4H3. The predicted octanol–water partition coefficient (Wildman–Crippen LogP) is 3.42. The first-order valence-corrected chi connectivity index (χ1v) is 7.42. The molecular formula is C17H26N2O. The first kappa shape index (κ1) is 15.1. The van der Waals surface area contributed by atoms with Crippen LogP contribution in [0.4, 0.5) is 0 Å². The summed E-state index contributed by atoms with van der Waals surface area (Å²) in [7, 11) is 1.77. The van der Waals surface area contributed by atoms with E-state index >= 15 is 0 Å². The van der Waals surface area contributed by atoms with Gasteiger partial charge in [-0.05, 0) is 36.4 Å². The van der Waals surface area contributed by atoms with Crippen molar-refractivity contribution in [3.05, 3.63) is 36.0 Å². The molecule has 1 atom stereocenters. The van der Waals surface area contributed by atoms with E-state index in [1.807, 2.05) is 0 Å². The molecule has 1 heterocycles. The van der Waals surface area contributed by atoms with E-state index in [1.165, 1.54) is 16.5 Å². The topological polar surface area (TPSA) is 26.2 Å². The third-order valence-electron chi connectivity index (χ3n) is 3.60. The van der Waals surface area contributed by atoms with Crippen LogP contribution < -0.4 is 5.32 Å². The highest BCUT2D eigenvalue weighted by Gasteiger charge is 2.09. The van der Waals surface area contributed by atoms with Gasteiger partial charge in [-0.3, -0.25) is 0 Å². The molecule has 0 amide bonds. The molecule has 2 aromatic rings. The van der Waals surface area contributed by atoms with Crippen LogP contribution in [0.1, 0.15) is 26.3 Å². The van der Waals surface area contributed by atoms with Gasteiger partial charge >= 0.3 is 0 Å². The fraction of sp³-hybridized carbons (Fsp3) is 0.529. The van der Waals surface area contributed by atoms with E-state index < -0.39 is 0 Å². The summed E-state index contributed by atoms with van der Waals surface area (Å²) in [5.74, 6) is 0.675. The van der Waals surface area contributed by atoms with E-state index in [2.05, 4.69) is 61.1 Å². The third-order valence-corrected chi connectivity index (χ3v) is 3.60. The molecule has 0 fully saturated rings. The first-order valence-electron chi connectivity index (χ1n) is 7.42. The summed E-state index contributed by atoms with van der Waals surface area (Å²) in [6.45, 7) is 9.42. The number of fused-ring (bicyclic) bond motifs is 1. The number of nitrogens with zero attached hydrogens (tertiary/aromatic N) is 1. The van der Waals surface area contributed by atoms with Gasteiger partial charge in [-0.1, -0.05) is 32.0 Å². The summed E-state index contributed by atoms with van der Waals surface area (Å²) in [5, 5.41) is 4.84. The normalized spacial score (nSPS) is 13.2.